The summed E-state index contributed by atoms with van der Waals surface area (Å²) in [5.41, 5.74) is 2.76. The molecule has 1 fully saturated rings. The minimum atomic E-state index is 0.521. The fourth-order valence-electron chi connectivity index (χ4n) is 3.43. The molecule has 1 atom stereocenters. The van der Waals surface area contributed by atoms with Gasteiger partial charge >= 0.3 is 0 Å². The number of nitrogens with one attached hydrogen (secondary N) is 1. The van der Waals surface area contributed by atoms with Crippen LogP contribution in [0.3, 0.4) is 0 Å². The van der Waals surface area contributed by atoms with Crippen molar-refractivity contribution >= 4 is 5.69 Å². The van der Waals surface area contributed by atoms with Gasteiger partial charge < -0.3 is 10.2 Å². The summed E-state index contributed by atoms with van der Waals surface area (Å²) in [6, 6.07) is 9.57. The monoisotopic (exact) mass is 288 g/mol. The van der Waals surface area contributed by atoms with Gasteiger partial charge in [-0.3, -0.25) is 0 Å². The molecule has 0 aliphatic heterocycles. The smallest absolute Gasteiger partial charge is 0.0364 e. The van der Waals surface area contributed by atoms with Gasteiger partial charge in [0.05, 0.1) is 0 Å². The van der Waals surface area contributed by atoms with E-state index in [1.54, 1.807) is 0 Å². The van der Waals surface area contributed by atoms with E-state index in [1.165, 1.54) is 56.2 Å². The van der Waals surface area contributed by atoms with E-state index in [2.05, 4.69) is 55.5 Å². The van der Waals surface area contributed by atoms with Gasteiger partial charge in [-0.15, -0.1) is 0 Å². The molecule has 1 aromatic rings. The van der Waals surface area contributed by atoms with E-state index in [4.69, 9.17) is 0 Å². The molecule has 2 heteroatoms. The molecule has 2 nitrogen and oxygen atoms in total. The van der Waals surface area contributed by atoms with Crippen LogP contribution in [0.5, 0.6) is 0 Å². The Hall–Kier alpha value is -1.02. The van der Waals surface area contributed by atoms with Crippen LogP contribution in [0.2, 0.25) is 0 Å². The standard InChI is InChI=1S/C19H32N2/c1-4-13-20-19(14-16-9-6-5-7-10-16)17-11-8-12-18(15-17)21(2)3/h8,11-12,15-16,19-20H,4-7,9-10,13-14H2,1-3H3. The number of hydrogen-bond acceptors (Lipinski definition) is 2. The number of benzene rings is 1. The predicted octanol–water partition coefficient (Wildman–Crippen LogP) is 4.76. The van der Waals surface area contributed by atoms with Crippen LogP contribution in [0.15, 0.2) is 24.3 Å². The lowest BCUT2D eigenvalue weighted by molar-refractivity contribution is 0.300. The molecular formula is C19H32N2. The second-order valence-corrected chi connectivity index (χ2v) is 6.74. The SMILES string of the molecule is CCCNC(CC1CCCCC1)c1cccc(N(C)C)c1. The van der Waals surface area contributed by atoms with Gasteiger partial charge in [0.25, 0.3) is 0 Å². The van der Waals surface area contributed by atoms with Crippen LogP contribution in [-0.2, 0) is 0 Å². The Morgan fingerprint density at radius 1 is 1.19 bits per heavy atom. The summed E-state index contributed by atoms with van der Waals surface area (Å²) >= 11 is 0. The molecule has 0 bridgehead atoms. The van der Waals surface area contributed by atoms with Gasteiger partial charge in [0, 0.05) is 25.8 Å². The molecule has 0 saturated heterocycles. The number of rotatable bonds is 7. The van der Waals surface area contributed by atoms with E-state index in [1.807, 2.05) is 0 Å². The maximum Gasteiger partial charge on any atom is 0.0364 e. The highest BCUT2D eigenvalue weighted by atomic mass is 15.1. The first kappa shape index (κ1) is 16.4. The maximum atomic E-state index is 3.78. The largest absolute Gasteiger partial charge is 0.378 e. The molecule has 1 aliphatic rings. The zero-order chi connectivity index (χ0) is 15.1. The molecular weight excluding hydrogens is 256 g/mol. The van der Waals surface area contributed by atoms with Crippen LogP contribution in [0.25, 0.3) is 0 Å². The summed E-state index contributed by atoms with van der Waals surface area (Å²) < 4.78 is 0. The number of nitrogens with zero attached hydrogens (tertiary/aromatic N) is 1. The average molecular weight is 288 g/mol. The number of hydrogen-bond donors (Lipinski definition) is 1. The van der Waals surface area contributed by atoms with Crippen LogP contribution in [0.1, 0.15) is 63.5 Å². The van der Waals surface area contributed by atoms with Crippen molar-refractivity contribution in [1.82, 2.24) is 5.32 Å². The van der Waals surface area contributed by atoms with E-state index < -0.39 is 0 Å². The van der Waals surface area contributed by atoms with Gasteiger partial charge in [0.1, 0.15) is 0 Å². The third-order valence-corrected chi connectivity index (χ3v) is 4.72. The maximum absolute atomic E-state index is 3.78. The Bertz CT molecular complexity index is 408. The van der Waals surface area contributed by atoms with E-state index in [-0.39, 0.29) is 0 Å². The van der Waals surface area contributed by atoms with Gasteiger partial charge in [0.2, 0.25) is 0 Å². The second kappa shape index (κ2) is 8.43. The topological polar surface area (TPSA) is 15.3 Å². The minimum Gasteiger partial charge on any atom is -0.378 e. The Balaban J connectivity index is 2.08. The average Bonchev–Trinajstić information content (AvgIpc) is 2.52. The predicted molar refractivity (Wildman–Crippen MR) is 93.0 cm³/mol. The summed E-state index contributed by atoms with van der Waals surface area (Å²) in [5.74, 6) is 0.913. The van der Waals surface area contributed by atoms with Gasteiger partial charge in [-0.25, -0.2) is 0 Å². The van der Waals surface area contributed by atoms with Crippen molar-refractivity contribution in [3.63, 3.8) is 0 Å². The highest BCUT2D eigenvalue weighted by Crippen LogP contribution is 2.32. The van der Waals surface area contributed by atoms with E-state index in [0.29, 0.717) is 6.04 Å². The molecule has 1 unspecified atom stereocenters. The summed E-state index contributed by atoms with van der Waals surface area (Å²) in [4.78, 5) is 2.20. The molecule has 21 heavy (non-hydrogen) atoms. The van der Waals surface area contributed by atoms with E-state index >= 15 is 0 Å². The lowest BCUT2D eigenvalue weighted by Crippen LogP contribution is -2.25. The van der Waals surface area contributed by atoms with Crippen LogP contribution < -0.4 is 10.2 Å². The molecule has 0 heterocycles. The van der Waals surface area contributed by atoms with Crippen LogP contribution >= 0.6 is 0 Å². The Morgan fingerprint density at radius 3 is 2.62 bits per heavy atom. The Kier molecular flexibility index (Phi) is 6.56. The molecule has 0 spiro atoms. The van der Waals surface area contributed by atoms with Crippen LogP contribution in [-0.4, -0.2) is 20.6 Å². The molecule has 1 saturated carbocycles. The van der Waals surface area contributed by atoms with Gasteiger partial charge in [-0.2, -0.15) is 0 Å². The molecule has 118 valence electrons. The summed E-state index contributed by atoms with van der Waals surface area (Å²) in [6.45, 7) is 3.37. The quantitative estimate of drug-likeness (QED) is 0.778. The van der Waals surface area contributed by atoms with Crippen molar-refractivity contribution in [3.05, 3.63) is 29.8 Å². The first-order valence-corrected chi connectivity index (χ1v) is 8.71. The van der Waals surface area contributed by atoms with Crippen molar-refractivity contribution in [2.45, 2.75) is 57.9 Å². The van der Waals surface area contributed by atoms with Crippen molar-refractivity contribution in [2.75, 3.05) is 25.5 Å². The molecule has 2 rings (SSSR count). The Labute approximate surface area is 130 Å². The Morgan fingerprint density at radius 2 is 1.95 bits per heavy atom. The lowest BCUT2D eigenvalue weighted by atomic mass is 9.83. The highest BCUT2D eigenvalue weighted by Gasteiger charge is 2.20. The second-order valence-electron chi connectivity index (χ2n) is 6.74. The first-order chi connectivity index (χ1) is 10.2. The highest BCUT2D eigenvalue weighted by molar-refractivity contribution is 5.47. The fraction of sp³-hybridized carbons (Fsp3) is 0.684. The third kappa shape index (κ3) is 5.03. The molecule has 1 aromatic carbocycles. The lowest BCUT2D eigenvalue weighted by Gasteiger charge is -2.28. The zero-order valence-electron chi connectivity index (χ0n) is 14.1. The fourth-order valence-corrected chi connectivity index (χ4v) is 3.43. The number of anilines is 1. The third-order valence-electron chi connectivity index (χ3n) is 4.72. The van der Waals surface area contributed by atoms with Crippen molar-refractivity contribution < 1.29 is 0 Å². The van der Waals surface area contributed by atoms with Gasteiger partial charge in [0.15, 0.2) is 0 Å². The van der Waals surface area contributed by atoms with Crippen LogP contribution in [0.4, 0.5) is 5.69 Å². The van der Waals surface area contributed by atoms with Crippen molar-refractivity contribution in [2.24, 2.45) is 5.92 Å². The molecule has 1 aliphatic carbocycles. The molecule has 1 N–H and O–H groups in total. The molecule has 0 aromatic heterocycles. The van der Waals surface area contributed by atoms with E-state index in [9.17, 15) is 0 Å². The van der Waals surface area contributed by atoms with E-state index in [0.717, 1.165) is 12.5 Å². The first-order valence-electron chi connectivity index (χ1n) is 8.71. The molecule has 0 radical (unpaired) electrons. The van der Waals surface area contributed by atoms with Gasteiger partial charge in [-0.05, 0) is 43.0 Å². The minimum absolute atomic E-state index is 0.521. The van der Waals surface area contributed by atoms with Crippen molar-refractivity contribution in [1.29, 1.82) is 0 Å². The van der Waals surface area contributed by atoms with Crippen molar-refractivity contribution in [3.8, 4) is 0 Å². The summed E-state index contributed by atoms with van der Waals surface area (Å²) in [6.07, 6.45) is 9.67. The normalized spacial score (nSPS) is 17.7. The van der Waals surface area contributed by atoms with Crippen LogP contribution in [0, 0.1) is 5.92 Å². The van der Waals surface area contributed by atoms with Gasteiger partial charge in [-0.1, -0.05) is 51.2 Å². The summed E-state index contributed by atoms with van der Waals surface area (Å²) in [5, 5.41) is 3.78. The molecule has 0 amide bonds. The summed E-state index contributed by atoms with van der Waals surface area (Å²) in [7, 11) is 4.24. The zero-order valence-corrected chi connectivity index (χ0v) is 14.1.